The number of para-hydroxylation sites is 1. The van der Waals surface area contributed by atoms with E-state index >= 15 is 0 Å². The second-order valence-electron chi connectivity index (χ2n) is 7.64. The molecule has 0 spiro atoms. The number of amides is 1. The second kappa shape index (κ2) is 8.93. The summed E-state index contributed by atoms with van der Waals surface area (Å²) in [5.41, 5.74) is 1.70. The fraction of sp³-hybridized carbons (Fsp3) is 0.115. The molecule has 0 saturated carbocycles. The second-order valence-corrected chi connectivity index (χ2v) is 9.09. The van der Waals surface area contributed by atoms with E-state index in [2.05, 4.69) is 4.98 Å². The van der Waals surface area contributed by atoms with Crippen LogP contribution in [0.4, 0.5) is 5.13 Å². The topological polar surface area (TPSA) is 79.7 Å². The van der Waals surface area contributed by atoms with Crippen molar-refractivity contribution in [2.24, 2.45) is 0 Å². The van der Waals surface area contributed by atoms with E-state index in [1.165, 1.54) is 16.2 Å². The number of fused-ring (bicyclic) bond motifs is 1. The summed E-state index contributed by atoms with van der Waals surface area (Å²) in [5.74, 6) is -1.04. The minimum Gasteiger partial charge on any atom is -0.503 e. The maximum atomic E-state index is 13.5. The molecule has 1 aromatic heterocycles. The SMILES string of the molecule is CCOc1ccc(C2C(C(=O)c3ccc(Cl)cc3)=C(O)C(=O)N2c2nc3ccccc3s2)cc1. The Morgan fingerprint density at radius 1 is 1.09 bits per heavy atom. The highest BCUT2D eigenvalue weighted by atomic mass is 35.5. The number of anilines is 1. The standard InChI is InChI=1S/C26H19ClN2O4S/c1-2-33-18-13-9-15(10-14-18)22-21(23(30)16-7-11-17(27)12-8-16)24(31)25(32)29(22)26-28-19-5-3-4-6-20(19)34-26/h3-14,22,31H,2H2,1H3. The predicted octanol–water partition coefficient (Wildman–Crippen LogP) is 6.13. The minimum atomic E-state index is -0.855. The van der Waals surface area contributed by atoms with Gasteiger partial charge in [0.15, 0.2) is 16.7 Å². The lowest BCUT2D eigenvalue weighted by Crippen LogP contribution is -2.31. The molecule has 3 aromatic carbocycles. The lowest BCUT2D eigenvalue weighted by atomic mass is 9.93. The number of aliphatic hydroxyl groups is 1. The Bertz CT molecular complexity index is 1390. The van der Waals surface area contributed by atoms with Gasteiger partial charge in [-0.15, -0.1) is 0 Å². The van der Waals surface area contributed by atoms with Crippen molar-refractivity contribution in [1.29, 1.82) is 0 Å². The molecule has 4 aromatic rings. The summed E-state index contributed by atoms with van der Waals surface area (Å²) in [6.45, 7) is 2.40. The van der Waals surface area contributed by atoms with Crippen molar-refractivity contribution >= 4 is 50.0 Å². The first-order valence-corrected chi connectivity index (χ1v) is 11.8. The first kappa shape index (κ1) is 22.1. The van der Waals surface area contributed by atoms with Crippen molar-refractivity contribution in [2.45, 2.75) is 13.0 Å². The van der Waals surface area contributed by atoms with Crippen LogP contribution in [0.2, 0.25) is 5.02 Å². The normalized spacial score (nSPS) is 15.9. The molecule has 5 rings (SSSR count). The van der Waals surface area contributed by atoms with E-state index in [4.69, 9.17) is 16.3 Å². The number of carbonyl (C=O) groups is 2. The Kier molecular flexibility index (Phi) is 5.81. The molecule has 1 N–H and O–H groups in total. The number of hydrogen-bond acceptors (Lipinski definition) is 6. The van der Waals surface area contributed by atoms with Crippen LogP contribution in [0.1, 0.15) is 28.9 Å². The summed E-state index contributed by atoms with van der Waals surface area (Å²) in [6, 6.07) is 20.2. The van der Waals surface area contributed by atoms with Crippen LogP contribution >= 0.6 is 22.9 Å². The lowest BCUT2D eigenvalue weighted by Gasteiger charge is -2.24. The molecular weight excluding hydrogens is 472 g/mol. The van der Waals surface area contributed by atoms with Gasteiger partial charge in [0.05, 0.1) is 28.4 Å². The molecule has 6 nitrogen and oxygen atoms in total. The zero-order valence-corrected chi connectivity index (χ0v) is 19.6. The van der Waals surface area contributed by atoms with Crippen molar-refractivity contribution in [3.8, 4) is 5.75 Å². The largest absolute Gasteiger partial charge is 0.503 e. The fourth-order valence-corrected chi connectivity index (χ4v) is 5.10. The molecule has 170 valence electrons. The van der Waals surface area contributed by atoms with Gasteiger partial charge in [-0.25, -0.2) is 4.98 Å². The van der Waals surface area contributed by atoms with E-state index in [1.54, 1.807) is 48.5 Å². The Morgan fingerprint density at radius 2 is 1.79 bits per heavy atom. The Morgan fingerprint density at radius 3 is 2.47 bits per heavy atom. The molecule has 1 atom stereocenters. The molecule has 0 aliphatic carbocycles. The fourth-order valence-electron chi connectivity index (χ4n) is 3.98. The first-order chi connectivity index (χ1) is 16.5. The number of hydrogen-bond donors (Lipinski definition) is 1. The Balaban J connectivity index is 1.64. The molecule has 0 radical (unpaired) electrons. The zero-order valence-electron chi connectivity index (χ0n) is 18.1. The molecule has 34 heavy (non-hydrogen) atoms. The summed E-state index contributed by atoms with van der Waals surface area (Å²) in [4.78, 5) is 32.9. The average Bonchev–Trinajstić information content (AvgIpc) is 3.38. The van der Waals surface area contributed by atoms with Gasteiger partial charge < -0.3 is 9.84 Å². The molecule has 1 aliphatic heterocycles. The van der Waals surface area contributed by atoms with Crippen molar-refractivity contribution in [3.05, 3.63) is 100 Å². The molecule has 2 heterocycles. The Hall–Kier alpha value is -3.68. The molecule has 0 bridgehead atoms. The summed E-state index contributed by atoms with van der Waals surface area (Å²) < 4.78 is 6.44. The number of thiazole rings is 1. The van der Waals surface area contributed by atoms with Gasteiger partial charge >= 0.3 is 0 Å². The van der Waals surface area contributed by atoms with Crippen LogP contribution in [0, 0.1) is 0 Å². The van der Waals surface area contributed by atoms with Gasteiger partial charge in [0.2, 0.25) is 0 Å². The Labute approximate surface area is 204 Å². The van der Waals surface area contributed by atoms with Crippen LogP contribution in [0.5, 0.6) is 5.75 Å². The third-order valence-corrected chi connectivity index (χ3v) is 6.84. The number of carbonyl (C=O) groups excluding carboxylic acids is 2. The van der Waals surface area contributed by atoms with Gasteiger partial charge in [0, 0.05) is 10.6 Å². The van der Waals surface area contributed by atoms with Gasteiger partial charge in [0.1, 0.15) is 5.75 Å². The highest BCUT2D eigenvalue weighted by molar-refractivity contribution is 7.22. The van der Waals surface area contributed by atoms with Gasteiger partial charge in [-0.1, -0.05) is 47.2 Å². The number of halogens is 1. The number of rotatable bonds is 6. The van der Waals surface area contributed by atoms with Crippen LogP contribution in [0.15, 0.2) is 84.1 Å². The molecular formula is C26H19ClN2O4S. The molecule has 0 fully saturated rings. The minimum absolute atomic E-state index is 0.00395. The van der Waals surface area contributed by atoms with Gasteiger partial charge in [0.25, 0.3) is 5.91 Å². The zero-order chi connectivity index (χ0) is 23.8. The molecule has 0 saturated heterocycles. The quantitative estimate of drug-likeness (QED) is 0.329. The van der Waals surface area contributed by atoms with Crippen LogP contribution in [0.25, 0.3) is 10.2 Å². The van der Waals surface area contributed by atoms with Crippen LogP contribution in [-0.2, 0) is 4.79 Å². The molecule has 1 unspecified atom stereocenters. The predicted molar refractivity (Wildman–Crippen MR) is 133 cm³/mol. The number of nitrogens with zero attached hydrogens (tertiary/aromatic N) is 2. The van der Waals surface area contributed by atoms with Crippen molar-refractivity contribution < 1.29 is 19.4 Å². The number of Topliss-reactive ketones (excluding diaryl/α,β-unsaturated/α-hetero) is 1. The van der Waals surface area contributed by atoms with Crippen molar-refractivity contribution in [2.75, 3.05) is 11.5 Å². The van der Waals surface area contributed by atoms with E-state index < -0.39 is 23.5 Å². The number of aliphatic hydroxyl groups excluding tert-OH is 1. The van der Waals surface area contributed by atoms with Crippen LogP contribution in [0.3, 0.4) is 0 Å². The number of benzene rings is 3. The lowest BCUT2D eigenvalue weighted by molar-refractivity contribution is -0.117. The number of aromatic nitrogens is 1. The van der Waals surface area contributed by atoms with Crippen molar-refractivity contribution in [1.82, 2.24) is 4.98 Å². The highest BCUT2D eigenvalue weighted by Crippen LogP contribution is 2.44. The molecule has 1 aliphatic rings. The third-order valence-electron chi connectivity index (χ3n) is 5.55. The van der Waals surface area contributed by atoms with Crippen molar-refractivity contribution in [3.63, 3.8) is 0 Å². The van der Waals surface area contributed by atoms with E-state index in [0.717, 1.165) is 10.2 Å². The third kappa shape index (κ3) is 3.83. The van der Waals surface area contributed by atoms with E-state index in [-0.39, 0.29) is 5.57 Å². The average molecular weight is 491 g/mol. The molecule has 1 amide bonds. The number of ketones is 1. The maximum Gasteiger partial charge on any atom is 0.296 e. The van der Waals surface area contributed by atoms with E-state index in [0.29, 0.717) is 33.6 Å². The van der Waals surface area contributed by atoms with Gasteiger partial charge in [-0.05, 0) is 61.0 Å². The summed E-state index contributed by atoms with van der Waals surface area (Å²) in [7, 11) is 0. The first-order valence-electron chi connectivity index (χ1n) is 10.6. The summed E-state index contributed by atoms with van der Waals surface area (Å²) in [5, 5.41) is 11.8. The summed E-state index contributed by atoms with van der Waals surface area (Å²) >= 11 is 7.31. The number of ether oxygens (including phenoxy) is 1. The smallest absolute Gasteiger partial charge is 0.296 e. The summed E-state index contributed by atoms with van der Waals surface area (Å²) in [6.07, 6.45) is 0. The van der Waals surface area contributed by atoms with E-state index in [1.807, 2.05) is 31.2 Å². The highest BCUT2D eigenvalue weighted by Gasteiger charge is 2.45. The van der Waals surface area contributed by atoms with Gasteiger partial charge in [-0.2, -0.15) is 0 Å². The van der Waals surface area contributed by atoms with Crippen LogP contribution < -0.4 is 9.64 Å². The van der Waals surface area contributed by atoms with Crippen LogP contribution in [-0.4, -0.2) is 28.4 Å². The van der Waals surface area contributed by atoms with Gasteiger partial charge in [-0.3, -0.25) is 14.5 Å². The maximum absolute atomic E-state index is 13.5. The van der Waals surface area contributed by atoms with E-state index in [9.17, 15) is 14.7 Å². The molecule has 8 heteroatoms. The monoisotopic (exact) mass is 490 g/mol.